The second-order valence-corrected chi connectivity index (χ2v) is 1.79. The van der Waals surface area contributed by atoms with Crippen molar-refractivity contribution in [2.24, 2.45) is 0 Å². The molecule has 0 aromatic carbocycles. The van der Waals surface area contributed by atoms with E-state index < -0.39 is 11.9 Å². The molecule has 12 heavy (non-hydrogen) atoms. The standard InChI is InChI=1S/C7H12O4.H3N/c1-3-10-6(8)5-7(9)11-4-2;/h3-5H2,1-2H3;1H3. The molecule has 0 aliphatic carbocycles. The molecule has 5 heteroatoms. The van der Waals surface area contributed by atoms with Gasteiger partial charge in [-0.15, -0.1) is 0 Å². The molecule has 0 aromatic heterocycles. The van der Waals surface area contributed by atoms with Gasteiger partial charge in [0.15, 0.2) is 0 Å². The van der Waals surface area contributed by atoms with Crippen LogP contribution in [0.15, 0.2) is 0 Å². The van der Waals surface area contributed by atoms with E-state index in [1.54, 1.807) is 13.8 Å². The fraction of sp³-hybridized carbons (Fsp3) is 0.714. The number of carbonyl (C=O) groups excluding carboxylic acids is 2. The molecule has 0 unspecified atom stereocenters. The fourth-order valence-corrected chi connectivity index (χ4v) is 0.542. The first-order chi connectivity index (χ1) is 5.20. The van der Waals surface area contributed by atoms with Gasteiger partial charge < -0.3 is 15.6 Å². The van der Waals surface area contributed by atoms with Crippen molar-refractivity contribution in [3.05, 3.63) is 0 Å². The third-order valence-corrected chi connectivity index (χ3v) is 0.899. The van der Waals surface area contributed by atoms with Gasteiger partial charge in [0.2, 0.25) is 0 Å². The van der Waals surface area contributed by atoms with E-state index in [0.717, 1.165) is 0 Å². The molecular formula is C7H15NO4. The fourth-order valence-electron chi connectivity index (χ4n) is 0.542. The van der Waals surface area contributed by atoms with E-state index in [2.05, 4.69) is 9.47 Å². The largest absolute Gasteiger partial charge is 0.466 e. The van der Waals surface area contributed by atoms with Crippen molar-refractivity contribution >= 4 is 11.9 Å². The second kappa shape index (κ2) is 8.00. The molecular weight excluding hydrogens is 162 g/mol. The van der Waals surface area contributed by atoms with E-state index in [1.165, 1.54) is 0 Å². The lowest BCUT2D eigenvalue weighted by molar-refractivity contribution is -0.153. The summed E-state index contributed by atoms with van der Waals surface area (Å²) in [6, 6.07) is 0. The van der Waals surface area contributed by atoms with Crippen LogP contribution in [-0.4, -0.2) is 25.2 Å². The molecule has 0 aliphatic heterocycles. The Morgan fingerprint density at radius 1 is 1.00 bits per heavy atom. The lowest BCUT2D eigenvalue weighted by Crippen LogP contribution is -2.13. The summed E-state index contributed by atoms with van der Waals surface area (Å²) in [7, 11) is 0. The quantitative estimate of drug-likeness (QED) is 0.503. The minimum atomic E-state index is -0.536. The zero-order valence-corrected chi connectivity index (χ0v) is 7.46. The molecule has 0 fully saturated rings. The van der Waals surface area contributed by atoms with Crippen molar-refractivity contribution in [3.63, 3.8) is 0 Å². The third-order valence-electron chi connectivity index (χ3n) is 0.899. The molecule has 0 saturated heterocycles. The highest BCUT2D eigenvalue weighted by molar-refractivity contribution is 5.91. The first kappa shape index (κ1) is 13.5. The Balaban J connectivity index is 0. The first-order valence-corrected chi connectivity index (χ1v) is 3.52. The molecule has 0 aliphatic rings. The number of ether oxygens (including phenoxy) is 2. The molecule has 0 spiro atoms. The SMILES string of the molecule is CCOC(=O)CC(=O)OCC.N. The maximum absolute atomic E-state index is 10.6. The highest BCUT2D eigenvalue weighted by Crippen LogP contribution is 1.89. The molecule has 0 saturated carbocycles. The van der Waals surface area contributed by atoms with Crippen molar-refractivity contribution in [1.29, 1.82) is 0 Å². The van der Waals surface area contributed by atoms with E-state index >= 15 is 0 Å². The average molecular weight is 177 g/mol. The third kappa shape index (κ3) is 7.01. The number of hydrogen-bond donors (Lipinski definition) is 1. The smallest absolute Gasteiger partial charge is 0.317 e. The highest BCUT2D eigenvalue weighted by atomic mass is 16.5. The molecule has 72 valence electrons. The van der Waals surface area contributed by atoms with Gasteiger partial charge in [0.25, 0.3) is 0 Å². The Bertz CT molecular complexity index is 130. The van der Waals surface area contributed by atoms with Crippen LogP contribution in [0.4, 0.5) is 0 Å². The maximum atomic E-state index is 10.6. The lowest BCUT2D eigenvalue weighted by atomic mass is 10.4. The van der Waals surface area contributed by atoms with Crippen molar-refractivity contribution in [1.82, 2.24) is 6.15 Å². The highest BCUT2D eigenvalue weighted by Gasteiger charge is 2.09. The zero-order chi connectivity index (χ0) is 8.69. The van der Waals surface area contributed by atoms with Gasteiger partial charge in [0.05, 0.1) is 13.2 Å². The summed E-state index contributed by atoms with van der Waals surface area (Å²) in [5, 5.41) is 0. The second-order valence-electron chi connectivity index (χ2n) is 1.79. The van der Waals surface area contributed by atoms with Crippen LogP contribution >= 0.6 is 0 Å². The predicted molar refractivity (Wildman–Crippen MR) is 42.9 cm³/mol. The summed E-state index contributed by atoms with van der Waals surface area (Å²) < 4.78 is 9.04. The van der Waals surface area contributed by atoms with Gasteiger partial charge in [-0.05, 0) is 13.8 Å². The van der Waals surface area contributed by atoms with Crippen LogP contribution in [0.25, 0.3) is 0 Å². The minimum Gasteiger partial charge on any atom is -0.466 e. The van der Waals surface area contributed by atoms with Crippen LogP contribution in [0.2, 0.25) is 0 Å². The van der Waals surface area contributed by atoms with Gasteiger partial charge in [0, 0.05) is 0 Å². The topological polar surface area (TPSA) is 87.6 Å². The van der Waals surface area contributed by atoms with Crippen molar-refractivity contribution in [2.45, 2.75) is 20.3 Å². The predicted octanol–water partition coefficient (Wildman–Crippen LogP) is 0.665. The van der Waals surface area contributed by atoms with Crippen molar-refractivity contribution < 1.29 is 19.1 Å². The average Bonchev–Trinajstić information content (AvgIpc) is 1.87. The van der Waals surface area contributed by atoms with E-state index in [1.807, 2.05) is 0 Å². The normalized spacial score (nSPS) is 8.17. The van der Waals surface area contributed by atoms with Gasteiger partial charge >= 0.3 is 11.9 Å². The van der Waals surface area contributed by atoms with Gasteiger partial charge in [-0.1, -0.05) is 0 Å². The molecule has 0 radical (unpaired) electrons. The summed E-state index contributed by atoms with van der Waals surface area (Å²) in [5.41, 5.74) is 0. The number of hydrogen-bond acceptors (Lipinski definition) is 5. The van der Waals surface area contributed by atoms with Crippen molar-refractivity contribution in [2.75, 3.05) is 13.2 Å². The Hall–Kier alpha value is -1.10. The van der Waals surface area contributed by atoms with Gasteiger partial charge in [-0.25, -0.2) is 0 Å². The van der Waals surface area contributed by atoms with Gasteiger partial charge in [0.1, 0.15) is 6.42 Å². The van der Waals surface area contributed by atoms with Crippen LogP contribution in [0, 0.1) is 0 Å². The summed E-state index contributed by atoms with van der Waals surface area (Å²) >= 11 is 0. The summed E-state index contributed by atoms with van der Waals surface area (Å²) in [6.45, 7) is 3.95. The van der Waals surface area contributed by atoms with Crippen LogP contribution < -0.4 is 6.15 Å². The van der Waals surface area contributed by atoms with Gasteiger partial charge in [-0.3, -0.25) is 9.59 Å². The number of rotatable bonds is 4. The van der Waals surface area contributed by atoms with Crippen LogP contribution in [0.1, 0.15) is 20.3 Å². The lowest BCUT2D eigenvalue weighted by Gasteiger charge is -2.00. The summed E-state index contributed by atoms with van der Waals surface area (Å²) in [4.78, 5) is 21.2. The summed E-state index contributed by atoms with van der Waals surface area (Å²) in [5.74, 6) is -1.07. The molecule has 0 heterocycles. The van der Waals surface area contributed by atoms with E-state index in [-0.39, 0.29) is 25.8 Å². The molecule has 0 amide bonds. The van der Waals surface area contributed by atoms with Crippen LogP contribution in [0.5, 0.6) is 0 Å². The molecule has 3 N–H and O–H groups in total. The van der Waals surface area contributed by atoms with E-state index in [9.17, 15) is 9.59 Å². The van der Waals surface area contributed by atoms with E-state index in [4.69, 9.17) is 0 Å². The Labute approximate surface area is 71.6 Å². The number of esters is 2. The minimum absolute atomic E-state index is 0. The van der Waals surface area contributed by atoms with Crippen molar-refractivity contribution in [3.8, 4) is 0 Å². The Morgan fingerprint density at radius 3 is 1.58 bits per heavy atom. The number of carbonyl (C=O) groups is 2. The van der Waals surface area contributed by atoms with Gasteiger partial charge in [-0.2, -0.15) is 0 Å². The monoisotopic (exact) mass is 177 g/mol. The maximum Gasteiger partial charge on any atom is 0.317 e. The molecule has 0 bridgehead atoms. The molecule has 0 aromatic rings. The first-order valence-electron chi connectivity index (χ1n) is 3.52. The van der Waals surface area contributed by atoms with Crippen LogP contribution in [-0.2, 0) is 19.1 Å². The molecule has 0 rings (SSSR count). The molecule has 0 atom stereocenters. The summed E-state index contributed by atoms with van der Waals surface area (Å²) in [6.07, 6.45) is -0.290. The van der Waals surface area contributed by atoms with E-state index in [0.29, 0.717) is 0 Å². The van der Waals surface area contributed by atoms with Crippen LogP contribution in [0.3, 0.4) is 0 Å². The zero-order valence-electron chi connectivity index (χ0n) is 7.46. The Kier molecular flexibility index (Phi) is 8.99. The Morgan fingerprint density at radius 2 is 1.33 bits per heavy atom. The molecule has 5 nitrogen and oxygen atoms in total.